The third-order valence-electron chi connectivity index (χ3n) is 5.53. The van der Waals surface area contributed by atoms with Crippen LogP contribution < -0.4 is 27.4 Å². The molecule has 2 rings (SSSR count). The lowest BCUT2D eigenvalue weighted by Gasteiger charge is -2.24. The second-order valence-electron chi connectivity index (χ2n) is 8.33. The van der Waals surface area contributed by atoms with Crippen LogP contribution in [0.1, 0.15) is 18.4 Å². The van der Waals surface area contributed by atoms with Crippen molar-refractivity contribution in [3.05, 3.63) is 36.0 Å². The van der Waals surface area contributed by atoms with Gasteiger partial charge in [-0.2, -0.15) is 24.4 Å². The Labute approximate surface area is 223 Å². The molecule has 0 saturated heterocycles. The molecule has 14 heteroatoms. The Kier molecular flexibility index (Phi) is 11.8. The zero-order valence-corrected chi connectivity index (χ0v) is 21.9. The number of carbonyl (C=O) groups is 5. The summed E-state index contributed by atoms with van der Waals surface area (Å²) >= 11 is 5.52. The molecule has 0 spiro atoms. The van der Waals surface area contributed by atoms with Crippen molar-refractivity contribution >= 4 is 64.9 Å². The number of aliphatic carboxylic acids is 1. The summed E-state index contributed by atoms with van der Waals surface area (Å²) in [5, 5.41) is 18.1. The van der Waals surface area contributed by atoms with Gasteiger partial charge in [-0.15, -0.1) is 0 Å². The van der Waals surface area contributed by atoms with Gasteiger partial charge in [-0.25, -0.2) is 4.79 Å². The highest BCUT2D eigenvalue weighted by atomic mass is 32.2. The third-order valence-corrected chi connectivity index (χ3v) is 6.54. The molecular formula is C23H32N6O6S2. The number of aromatic nitrogens is 1. The van der Waals surface area contributed by atoms with Crippen molar-refractivity contribution in [1.29, 1.82) is 0 Å². The van der Waals surface area contributed by atoms with Gasteiger partial charge in [-0.3, -0.25) is 19.2 Å². The normalized spacial score (nSPS) is 14.2. The van der Waals surface area contributed by atoms with Crippen molar-refractivity contribution in [3.63, 3.8) is 0 Å². The minimum Gasteiger partial charge on any atom is -0.480 e. The van der Waals surface area contributed by atoms with E-state index in [4.69, 9.17) is 11.5 Å². The Hall–Kier alpha value is -3.23. The average Bonchev–Trinajstić information content (AvgIpc) is 3.26. The van der Waals surface area contributed by atoms with Crippen LogP contribution in [-0.2, 0) is 30.4 Å². The maximum Gasteiger partial charge on any atom is 0.326 e. The van der Waals surface area contributed by atoms with Crippen LogP contribution >= 0.6 is 24.4 Å². The fourth-order valence-electron chi connectivity index (χ4n) is 3.55. The van der Waals surface area contributed by atoms with Crippen LogP contribution in [0.2, 0.25) is 0 Å². The summed E-state index contributed by atoms with van der Waals surface area (Å²) in [6.07, 6.45) is 3.36. The Morgan fingerprint density at radius 1 is 1.03 bits per heavy atom. The number of aromatic amines is 1. The molecule has 202 valence electrons. The summed E-state index contributed by atoms with van der Waals surface area (Å²) in [5.74, 6) is -3.77. The lowest BCUT2D eigenvalue weighted by molar-refractivity contribution is -0.142. The minimum absolute atomic E-state index is 0.0291. The maximum absolute atomic E-state index is 13.1. The van der Waals surface area contributed by atoms with E-state index in [1.807, 2.05) is 30.5 Å². The molecule has 0 aliphatic heterocycles. The first kappa shape index (κ1) is 30.0. The zero-order chi connectivity index (χ0) is 27.5. The molecule has 0 saturated carbocycles. The van der Waals surface area contributed by atoms with Crippen LogP contribution in [0.5, 0.6) is 0 Å². The van der Waals surface area contributed by atoms with Crippen molar-refractivity contribution in [3.8, 4) is 0 Å². The fourth-order valence-corrected chi connectivity index (χ4v) is 4.28. The molecule has 9 N–H and O–H groups in total. The SMILES string of the molecule is CSCCC(NC(=O)C(CS)NC(=O)C(N)CC(N)=O)C(=O)NC(Cc1c[nH]c2ccccc12)C(=O)O. The Morgan fingerprint density at radius 3 is 2.27 bits per heavy atom. The highest BCUT2D eigenvalue weighted by Gasteiger charge is 2.30. The number of primary amides is 1. The van der Waals surface area contributed by atoms with E-state index in [0.29, 0.717) is 5.75 Å². The molecule has 0 bridgehead atoms. The molecule has 37 heavy (non-hydrogen) atoms. The molecule has 4 atom stereocenters. The third kappa shape index (κ3) is 8.98. The topological polar surface area (TPSA) is 209 Å². The summed E-state index contributed by atoms with van der Waals surface area (Å²) in [6.45, 7) is 0. The first-order valence-electron chi connectivity index (χ1n) is 11.4. The van der Waals surface area contributed by atoms with E-state index in [1.54, 1.807) is 6.20 Å². The van der Waals surface area contributed by atoms with E-state index in [2.05, 4.69) is 33.6 Å². The quantitative estimate of drug-likeness (QED) is 0.130. The number of fused-ring (bicyclic) bond motifs is 1. The van der Waals surface area contributed by atoms with Crippen molar-refractivity contribution in [2.45, 2.75) is 43.4 Å². The van der Waals surface area contributed by atoms with E-state index in [0.717, 1.165) is 16.5 Å². The van der Waals surface area contributed by atoms with Gasteiger partial charge in [0, 0.05) is 29.3 Å². The molecule has 2 aromatic rings. The standard InChI is InChI=1S/C23H32N6O6S2/c1-37-7-6-16(27-22(33)18(11-36)29-20(31)14(24)9-19(25)30)21(32)28-17(23(34)35)8-12-10-26-15-5-3-2-4-13(12)15/h2-5,10,14,16-18,26,36H,6-9,11,24H2,1H3,(H2,25,30)(H,27,33)(H,28,32)(H,29,31)(H,34,35). The van der Waals surface area contributed by atoms with Gasteiger partial charge < -0.3 is 37.5 Å². The fraction of sp³-hybridized carbons (Fsp3) is 0.435. The number of nitrogens with one attached hydrogen (secondary N) is 4. The van der Waals surface area contributed by atoms with E-state index in [-0.39, 0.29) is 18.6 Å². The van der Waals surface area contributed by atoms with Crippen LogP contribution in [0.3, 0.4) is 0 Å². The Bertz CT molecular complexity index is 1130. The van der Waals surface area contributed by atoms with E-state index in [1.165, 1.54) is 11.8 Å². The van der Waals surface area contributed by atoms with Gasteiger partial charge in [-0.1, -0.05) is 18.2 Å². The first-order chi connectivity index (χ1) is 17.6. The van der Waals surface area contributed by atoms with Gasteiger partial charge in [-0.05, 0) is 30.1 Å². The van der Waals surface area contributed by atoms with Gasteiger partial charge in [0.25, 0.3) is 0 Å². The average molecular weight is 553 g/mol. The summed E-state index contributed by atoms with van der Waals surface area (Å²) in [6, 6.07) is 2.69. The molecule has 4 unspecified atom stereocenters. The number of hydrogen-bond acceptors (Lipinski definition) is 8. The minimum atomic E-state index is -1.25. The van der Waals surface area contributed by atoms with E-state index in [9.17, 15) is 29.1 Å². The lowest BCUT2D eigenvalue weighted by Crippen LogP contribution is -2.58. The Balaban J connectivity index is 2.10. The van der Waals surface area contributed by atoms with Gasteiger partial charge in [0.1, 0.15) is 18.1 Å². The second kappa shape index (κ2) is 14.5. The zero-order valence-electron chi connectivity index (χ0n) is 20.2. The number of thiol groups is 1. The number of carboxylic acids is 1. The molecule has 4 amide bonds. The number of thioether (sulfide) groups is 1. The number of carboxylic acid groups (broad SMARTS) is 1. The first-order valence-corrected chi connectivity index (χ1v) is 13.4. The number of hydrogen-bond donors (Lipinski definition) is 8. The molecule has 1 aromatic heterocycles. The van der Waals surface area contributed by atoms with Crippen LogP contribution in [0.15, 0.2) is 30.5 Å². The van der Waals surface area contributed by atoms with Crippen LogP contribution in [-0.4, -0.2) is 81.6 Å². The number of para-hydroxylation sites is 1. The highest BCUT2D eigenvalue weighted by Crippen LogP contribution is 2.19. The van der Waals surface area contributed by atoms with Gasteiger partial charge in [0.05, 0.1) is 12.5 Å². The van der Waals surface area contributed by atoms with Gasteiger partial charge >= 0.3 is 5.97 Å². The summed E-state index contributed by atoms with van der Waals surface area (Å²) in [4.78, 5) is 64.1. The molecule has 1 aromatic carbocycles. The molecule has 0 fully saturated rings. The van der Waals surface area contributed by atoms with E-state index < -0.39 is 60.2 Å². The monoisotopic (exact) mass is 552 g/mol. The molecular weight excluding hydrogens is 520 g/mol. The molecule has 0 aliphatic rings. The smallest absolute Gasteiger partial charge is 0.326 e. The summed E-state index contributed by atoms with van der Waals surface area (Å²) in [7, 11) is 0. The molecule has 0 radical (unpaired) electrons. The van der Waals surface area contributed by atoms with Crippen molar-refractivity contribution in [1.82, 2.24) is 20.9 Å². The summed E-state index contributed by atoms with van der Waals surface area (Å²) in [5.41, 5.74) is 12.2. The number of rotatable bonds is 15. The van der Waals surface area contributed by atoms with Crippen LogP contribution in [0.25, 0.3) is 10.9 Å². The lowest BCUT2D eigenvalue weighted by atomic mass is 10.0. The second-order valence-corrected chi connectivity index (χ2v) is 9.68. The van der Waals surface area contributed by atoms with Crippen molar-refractivity contribution in [2.24, 2.45) is 11.5 Å². The van der Waals surface area contributed by atoms with Crippen LogP contribution in [0.4, 0.5) is 0 Å². The number of H-pyrrole nitrogens is 1. The number of amides is 4. The molecule has 1 heterocycles. The molecule has 12 nitrogen and oxygen atoms in total. The van der Waals surface area contributed by atoms with Crippen molar-refractivity contribution in [2.75, 3.05) is 17.8 Å². The Morgan fingerprint density at radius 2 is 1.65 bits per heavy atom. The predicted octanol–water partition coefficient (Wildman–Crippen LogP) is -0.865. The largest absolute Gasteiger partial charge is 0.480 e. The molecule has 0 aliphatic carbocycles. The van der Waals surface area contributed by atoms with Crippen LogP contribution in [0, 0.1) is 0 Å². The van der Waals surface area contributed by atoms with E-state index >= 15 is 0 Å². The number of carbonyl (C=O) groups excluding carboxylic acids is 4. The maximum atomic E-state index is 13.1. The van der Waals surface area contributed by atoms with Gasteiger partial charge in [0.2, 0.25) is 23.6 Å². The highest BCUT2D eigenvalue weighted by molar-refractivity contribution is 7.98. The number of nitrogens with two attached hydrogens (primary N) is 2. The van der Waals surface area contributed by atoms with Gasteiger partial charge in [0.15, 0.2) is 0 Å². The van der Waals surface area contributed by atoms with Crippen molar-refractivity contribution < 1.29 is 29.1 Å². The summed E-state index contributed by atoms with van der Waals surface area (Å²) < 4.78 is 0. The number of benzene rings is 1. The predicted molar refractivity (Wildman–Crippen MR) is 144 cm³/mol.